The molecule has 132 valence electrons. The Hall–Kier alpha value is -2.50. The number of aromatic nitrogens is 3. The van der Waals surface area contributed by atoms with Crippen molar-refractivity contribution in [2.24, 2.45) is 7.05 Å². The summed E-state index contributed by atoms with van der Waals surface area (Å²) in [6.45, 7) is 5.80. The van der Waals surface area contributed by atoms with Gasteiger partial charge in [0, 0.05) is 36.8 Å². The van der Waals surface area contributed by atoms with Gasteiger partial charge in [-0.15, -0.1) is 11.3 Å². The fourth-order valence-electron chi connectivity index (χ4n) is 3.20. The van der Waals surface area contributed by atoms with Crippen molar-refractivity contribution in [1.29, 1.82) is 0 Å². The van der Waals surface area contributed by atoms with Crippen molar-refractivity contribution in [2.75, 3.05) is 0 Å². The highest BCUT2D eigenvalue weighted by Gasteiger charge is 2.12. The third kappa shape index (κ3) is 3.16. The molecule has 0 aliphatic carbocycles. The molecule has 3 heterocycles. The van der Waals surface area contributed by atoms with Crippen LogP contribution in [0.25, 0.3) is 21.5 Å². The molecule has 0 radical (unpaired) electrons. The van der Waals surface area contributed by atoms with Gasteiger partial charge in [0.2, 0.25) is 0 Å². The molecule has 1 aromatic carbocycles. The molecule has 0 aliphatic heterocycles. The van der Waals surface area contributed by atoms with Crippen molar-refractivity contribution in [2.45, 2.75) is 26.9 Å². The van der Waals surface area contributed by atoms with E-state index in [4.69, 9.17) is 4.98 Å². The number of aryl methyl sites for hydroxylation is 2. The predicted octanol–water partition coefficient (Wildman–Crippen LogP) is 4.60. The molecular weight excluding hydrogens is 340 g/mol. The van der Waals surface area contributed by atoms with Crippen molar-refractivity contribution in [3.63, 3.8) is 0 Å². The molecule has 0 aliphatic rings. The summed E-state index contributed by atoms with van der Waals surface area (Å²) < 4.78 is 1.91. The van der Waals surface area contributed by atoms with Crippen molar-refractivity contribution in [1.82, 2.24) is 20.1 Å². The fraction of sp³-hybridized carbons (Fsp3) is 0.238. The second-order valence-corrected chi connectivity index (χ2v) is 7.55. The third-order valence-corrected chi connectivity index (χ3v) is 5.73. The van der Waals surface area contributed by atoms with Gasteiger partial charge in [0.1, 0.15) is 0 Å². The number of thiophene rings is 1. The molecule has 0 saturated heterocycles. The molecule has 4 aromatic rings. The Morgan fingerprint density at radius 2 is 1.92 bits per heavy atom. The number of hydrogen-bond donors (Lipinski definition) is 1. The molecule has 3 aromatic heterocycles. The SMILES string of the molecule is Cc1cccc2cc(CNCc3cnn(C)c3C)c(-c3cccs3)nc12. The summed E-state index contributed by atoms with van der Waals surface area (Å²) >= 11 is 1.74. The lowest BCUT2D eigenvalue weighted by atomic mass is 10.1. The summed E-state index contributed by atoms with van der Waals surface area (Å²) in [5, 5.41) is 11.2. The van der Waals surface area contributed by atoms with E-state index in [1.54, 1.807) is 11.3 Å². The highest BCUT2D eigenvalue weighted by atomic mass is 32.1. The van der Waals surface area contributed by atoms with E-state index in [0.29, 0.717) is 0 Å². The van der Waals surface area contributed by atoms with E-state index in [0.717, 1.165) is 24.3 Å². The Bertz CT molecular complexity index is 1050. The van der Waals surface area contributed by atoms with E-state index in [1.807, 2.05) is 17.9 Å². The average molecular weight is 363 g/mol. The van der Waals surface area contributed by atoms with Gasteiger partial charge in [-0.05, 0) is 42.5 Å². The van der Waals surface area contributed by atoms with Gasteiger partial charge >= 0.3 is 0 Å². The summed E-state index contributed by atoms with van der Waals surface area (Å²) in [5.41, 5.74) is 7.04. The summed E-state index contributed by atoms with van der Waals surface area (Å²) in [4.78, 5) is 6.23. The van der Waals surface area contributed by atoms with Gasteiger partial charge in [-0.2, -0.15) is 5.10 Å². The van der Waals surface area contributed by atoms with Crippen LogP contribution in [0.4, 0.5) is 0 Å². The number of nitrogens with zero attached hydrogens (tertiary/aromatic N) is 3. The molecule has 26 heavy (non-hydrogen) atoms. The molecule has 0 amide bonds. The van der Waals surface area contributed by atoms with Crippen LogP contribution in [0.2, 0.25) is 0 Å². The number of rotatable bonds is 5. The Balaban J connectivity index is 1.66. The maximum Gasteiger partial charge on any atom is 0.0854 e. The van der Waals surface area contributed by atoms with Gasteiger partial charge in [-0.3, -0.25) is 4.68 Å². The molecule has 0 bridgehead atoms. The monoisotopic (exact) mass is 362 g/mol. The molecule has 0 saturated carbocycles. The number of nitrogens with one attached hydrogen (secondary N) is 1. The standard InChI is InChI=1S/C21H22N4S/c1-14-6-4-7-16-10-17(11-22-12-18-13-23-25(3)15(18)2)21(24-20(14)16)19-8-5-9-26-19/h4-10,13,22H,11-12H2,1-3H3. The van der Waals surface area contributed by atoms with Crippen molar-refractivity contribution < 1.29 is 0 Å². The predicted molar refractivity (Wildman–Crippen MR) is 108 cm³/mol. The van der Waals surface area contributed by atoms with Gasteiger partial charge in [0.25, 0.3) is 0 Å². The quantitative estimate of drug-likeness (QED) is 0.564. The van der Waals surface area contributed by atoms with Crippen LogP contribution in [0.3, 0.4) is 0 Å². The third-order valence-electron chi connectivity index (χ3n) is 4.85. The van der Waals surface area contributed by atoms with Crippen molar-refractivity contribution >= 4 is 22.2 Å². The van der Waals surface area contributed by atoms with E-state index in [9.17, 15) is 0 Å². The summed E-state index contributed by atoms with van der Waals surface area (Å²) in [7, 11) is 1.98. The largest absolute Gasteiger partial charge is 0.308 e. The number of para-hydroxylation sites is 1. The van der Waals surface area contributed by atoms with Gasteiger partial charge < -0.3 is 5.32 Å². The summed E-state index contributed by atoms with van der Waals surface area (Å²) in [6, 6.07) is 12.9. The fourth-order valence-corrected chi connectivity index (χ4v) is 3.95. The van der Waals surface area contributed by atoms with Crippen LogP contribution in [-0.2, 0) is 20.1 Å². The van der Waals surface area contributed by atoms with Gasteiger partial charge in [-0.25, -0.2) is 4.98 Å². The van der Waals surface area contributed by atoms with Crippen LogP contribution in [0.1, 0.15) is 22.4 Å². The first-order valence-corrected chi connectivity index (χ1v) is 9.63. The topological polar surface area (TPSA) is 42.7 Å². The first-order chi connectivity index (χ1) is 12.6. The Labute approximate surface area is 157 Å². The zero-order valence-corrected chi connectivity index (χ0v) is 16.1. The second-order valence-electron chi connectivity index (χ2n) is 6.60. The molecule has 0 fully saturated rings. The molecular formula is C21H22N4S. The lowest BCUT2D eigenvalue weighted by molar-refractivity contribution is 0.685. The summed E-state index contributed by atoms with van der Waals surface area (Å²) in [5.74, 6) is 0. The van der Waals surface area contributed by atoms with Crippen LogP contribution in [-0.4, -0.2) is 14.8 Å². The molecule has 0 atom stereocenters. The van der Waals surface area contributed by atoms with E-state index < -0.39 is 0 Å². The maximum absolute atomic E-state index is 5.02. The minimum absolute atomic E-state index is 0.776. The van der Waals surface area contributed by atoms with Gasteiger partial charge in [-0.1, -0.05) is 24.3 Å². The Morgan fingerprint density at radius 1 is 1.08 bits per heavy atom. The van der Waals surface area contributed by atoms with Gasteiger partial charge in [0.15, 0.2) is 0 Å². The normalized spacial score (nSPS) is 11.3. The minimum Gasteiger partial charge on any atom is -0.308 e. The molecule has 4 rings (SSSR count). The van der Waals surface area contributed by atoms with Crippen LogP contribution in [0, 0.1) is 13.8 Å². The maximum atomic E-state index is 5.02. The number of fused-ring (bicyclic) bond motifs is 1. The van der Waals surface area contributed by atoms with E-state index in [1.165, 1.54) is 32.6 Å². The Morgan fingerprint density at radius 3 is 2.65 bits per heavy atom. The highest BCUT2D eigenvalue weighted by Crippen LogP contribution is 2.30. The second kappa shape index (κ2) is 7.02. The summed E-state index contributed by atoms with van der Waals surface area (Å²) in [6.07, 6.45) is 1.94. The first kappa shape index (κ1) is 16.9. The number of hydrogen-bond acceptors (Lipinski definition) is 4. The molecule has 0 spiro atoms. The molecule has 0 unspecified atom stereocenters. The minimum atomic E-state index is 0.776. The molecule has 4 nitrogen and oxygen atoms in total. The number of pyridine rings is 1. The smallest absolute Gasteiger partial charge is 0.0854 e. The van der Waals surface area contributed by atoms with Crippen LogP contribution < -0.4 is 5.32 Å². The van der Waals surface area contributed by atoms with Crippen molar-refractivity contribution in [3.8, 4) is 10.6 Å². The van der Waals surface area contributed by atoms with Crippen LogP contribution >= 0.6 is 11.3 Å². The zero-order valence-electron chi connectivity index (χ0n) is 15.3. The van der Waals surface area contributed by atoms with Crippen molar-refractivity contribution in [3.05, 3.63) is 70.4 Å². The average Bonchev–Trinajstić information content (AvgIpc) is 3.27. The van der Waals surface area contributed by atoms with E-state index in [2.05, 4.69) is 66.0 Å². The van der Waals surface area contributed by atoms with Gasteiger partial charge in [0.05, 0.1) is 22.3 Å². The van der Waals surface area contributed by atoms with E-state index >= 15 is 0 Å². The zero-order chi connectivity index (χ0) is 18.1. The van der Waals surface area contributed by atoms with Crippen LogP contribution in [0.15, 0.2) is 48.0 Å². The number of benzene rings is 1. The lowest BCUT2D eigenvalue weighted by Gasteiger charge is -2.12. The highest BCUT2D eigenvalue weighted by molar-refractivity contribution is 7.13. The first-order valence-electron chi connectivity index (χ1n) is 8.75. The van der Waals surface area contributed by atoms with Crippen LogP contribution in [0.5, 0.6) is 0 Å². The van der Waals surface area contributed by atoms with E-state index in [-0.39, 0.29) is 0 Å². The Kier molecular flexibility index (Phi) is 4.57. The lowest BCUT2D eigenvalue weighted by Crippen LogP contribution is -2.14. The molecule has 5 heteroatoms. The molecule has 1 N–H and O–H groups in total.